The topological polar surface area (TPSA) is 33.6 Å². The van der Waals surface area contributed by atoms with Gasteiger partial charge >= 0.3 is 0 Å². The lowest BCUT2D eigenvalue weighted by atomic mass is 9.96. The molecule has 3 saturated heterocycles. The van der Waals surface area contributed by atoms with Crippen LogP contribution in [0, 0.1) is 0 Å². The Bertz CT molecular complexity index is 282. The third-order valence-electron chi connectivity index (χ3n) is 3.60. The minimum absolute atomic E-state index is 0.422. The molecule has 3 heterocycles. The first-order valence-corrected chi connectivity index (χ1v) is 6.96. The van der Waals surface area contributed by atoms with Gasteiger partial charge in [-0.3, -0.25) is 4.99 Å². The monoisotopic (exact) mass is 226 g/mol. The summed E-state index contributed by atoms with van der Waals surface area (Å²) >= 11 is 1.87. The molecule has 0 amide bonds. The number of amidine groups is 1. The first-order valence-electron chi connectivity index (χ1n) is 5.97. The van der Waals surface area contributed by atoms with Gasteiger partial charge in [0.15, 0.2) is 5.17 Å². The maximum atomic E-state index is 5.80. The molecule has 4 heteroatoms. The van der Waals surface area contributed by atoms with Gasteiger partial charge < -0.3 is 10.1 Å². The summed E-state index contributed by atoms with van der Waals surface area (Å²) in [5, 5.41) is 4.64. The Morgan fingerprint density at radius 1 is 1.53 bits per heavy atom. The number of nitrogens with zero attached hydrogens (tertiary/aromatic N) is 1. The summed E-state index contributed by atoms with van der Waals surface area (Å²) in [5.74, 6) is 1.18. The van der Waals surface area contributed by atoms with E-state index in [0.717, 1.165) is 11.6 Å². The van der Waals surface area contributed by atoms with Crippen LogP contribution in [0.25, 0.3) is 0 Å². The summed E-state index contributed by atoms with van der Waals surface area (Å²) < 4.78 is 5.80. The number of rotatable bonds is 2. The van der Waals surface area contributed by atoms with Gasteiger partial charge in [0.1, 0.15) is 0 Å². The highest BCUT2D eigenvalue weighted by molar-refractivity contribution is 8.14. The highest BCUT2D eigenvalue weighted by atomic mass is 32.2. The summed E-state index contributed by atoms with van der Waals surface area (Å²) in [5.41, 5.74) is 0. The molecule has 0 aromatic carbocycles. The lowest BCUT2D eigenvalue weighted by Gasteiger charge is -2.15. The Labute approximate surface area is 95.1 Å². The standard InChI is InChI=1S/C11H18N2OS/c1-2-7-6-15-11(12-7)13-9-5-8-3-4-10(9)14-8/h7-10H,2-6H2,1H3,(H,12,13). The van der Waals surface area contributed by atoms with Gasteiger partial charge in [0.25, 0.3) is 0 Å². The average molecular weight is 226 g/mol. The number of thioether (sulfide) groups is 1. The molecule has 3 rings (SSSR count). The number of aliphatic imine (C=N–C) groups is 1. The van der Waals surface area contributed by atoms with Crippen LogP contribution < -0.4 is 5.32 Å². The first kappa shape index (κ1) is 9.97. The third kappa shape index (κ3) is 1.89. The van der Waals surface area contributed by atoms with Crippen LogP contribution >= 0.6 is 11.8 Å². The Kier molecular flexibility index (Phi) is 2.64. The van der Waals surface area contributed by atoms with Crippen LogP contribution in [0.3, 0.4) is 0 Å². The fourth-order valence-corrected chi connectivity index (χ4v) is 3.77. The minimum Gasteiger partial charge on any atom is -0.373 e. The van der Waals surface area contributed by atoms with Crippen LogP contribution in [0.5, 0.6) is 0 Å². The zero-order chi connectivity index (χ0) is 10.3. The van der Waals surface area contributed by atoms with Gasteiger partial charge in [0.05, 0.1) is 18.2 Å². The van der Waals surface area contributed by atoms with E-state index in [0.29, 0.717) is 24.3 Å². The molecule has 2 bridgehead atoms. The molecule has 0 radical (unpaired) electrons. The highest BCUT2D eigenvalue weighted by Gasteiger charge is 2.41. The molecule has 4 unspecified atom stereocenters. The van der Waals surface area contributed by atoms with E-state index in [4.69, 9.17) is 9.73 Å². The first-order chi connectivity index (χ1) is 7.35. The van der Waals surface area contributed by atoms with Crippen molar-refractivity contribution in [3.63, 3.8) is 0 Å². The van der Waals surface area contributed by atoms with Gasteiger partial charge in [0.2, 0.25) is 0 Å². The second-order valence-electron chi connectivity index (χ2n) is 4.67. The average Bonchev–Trinajstić information content (AvgIpc) is 2.92. The van der Waals surface area contributed by atoms with Crippen LogP contribution in [0.15, 0.2) is 4.99 Å². The molecule has 0 aliphatic carbocycles. The lowest BCUT2D eigenvalue weighted by molar-refractivity contribution is 0.101. The van der Waals surface area contributed by atoms with Gasteiger partial charge in [0, 0.05) is 11.8 Å². The van der Waals surface area contributed by atoms with Crippen molar-refractivity contribution in [1.29, 1.82) is 0 Å². The van der Waals surface area contributed by atoms with Crippen molar-refractivity contribution in [1.82, 2.24) is 5.32 Å². The smallest absolute Gasteiger partial charge is 0.157 e. The van der Waals surface area contributed by atoms with Gasteiger partial charge in [-0.1, -0.05) is 18.7 Å². The highest BCUT2D eigenvalue weighted by Crippen LogP contribution is 2.36. The number of hydrogen-bond donors (Lipinski definition) is 1. The number of ether oxygens (including phenoxy) is 1. The van der Waals surface area contributed by atoms with E-state index in [9.17, 15) is 0 Å². The number of fused-ring (bicyclic) bond motifs is 2. The van der Waals surface area contributed by atoms with E-state index in [1.807, 2.05) is 11.8 Å². The zero-order valence-electron chi connectivity index (χ0n) is 9.11. The molecular formula is C11H18N2OS. The van der Waals surface area contributed by atoms with E-state index >= 15 is 0 Å². The summed E-state index contributed by atoms with van der Waals surface area (Å²) in [6.45, 7) is 2.22. The molecule has 0 aromatic rings. The van der Waals surface area contributed by atoms with Crippen LogP contribution in [-0.4, -0.2) is 35.2 Å². The van der Waals surface area contributed by atoms with Crippen molar-refractivity contribution in [3.8, 4) is 0 Å². The molecule has 4 atom stereocenters. The maximum absolute atomic E-state index is 5.80. The van der Waals surface area contributed by atoms with Gasteiger partial charge in [-0.25, -0.2) is 0 Å². The van der Waals surface area contributed by atoms with Gasteiger partial charge in [-0.05, 0) is 25.7 Å². The second-order valence-corrected chi connectivity index (χ2v) is 5.68. The second kappa shape index (κ2) is 3.98. The predicted molar refractivity (Wildman–Crippen MR) is 63.4 cm³/mol. The molecular weight excluding hydrogens is 208 g/mol. The van der Waals surface area contributed by atoms with Crippen molar-refractivity contribution < 1.29 is 4.74 Å². The molecule has 0 aromatic heterocycles. The maximum Gasteiger partial charge on any atom is 0.157 e. The SMILES string of the molecule is CCC1CSC(=NC2CC3CCC2O3)N1. The van der Waals surface area contributed by atoms with Crippen molar-refractivity contribution in [3.05, 3.63) is 0 Å². The fourth-order valence-electron chi connectivity index (χ4n) is 2.63. The van der Waals surface area contributed by atoms with Crippen LogP contribution in [-0.2, 0) is 4.74 Å². The third-order valence-corrected chi connectivity index (χ3v) is 4.66. The summed E-state index contributed by atoms with van der Waals surface area (Å²) in [6, 6.07) is 1.07. The number of hydrogen-bond acceptors (Lipinski definition) is 3. The van der Waals surface area contributed by atoms with Crippen molar-refractivity contribution in [2.75, 3.05) is 5.75 Å². The van der Waals surface area contributed by atoms with E-state index in [-0.39, 0.29) is 0 Å². The quantitative estimate of drug-likeness (QED) is 0.779. The van der Waals surface area contributed by atoms with Crippen molar-refractivity contribution in [2.24, 2.45) is 4.99 Å². The molecule has 3 fully saturated rings. The lowest BCUT2D eigenvalue weighted by Crippen LogP contribution is -2.28. The minimum atomic E-state index is 0.422. The Balaban J connectivity index is 1.63. The summed E-state index contributed by atoms with van der Waals surface area (Å²) in [7, 11) is 0. The molecule has 15 heavy (non-hydrogen) atoms. The van der Waals surface area contributed by atoms with E-state index in [1.165, 1.54) is 25.0 Å². The largest absolute Gasteiger partial charge is 0.373 e. The molecule has 3 nitrogen and oxygen atoms in total. The Morgan fingerprint density at radius 2 is 2.47 bits per heavy atom. The molecule has 3 aliphatic heterocycles. The van der Waals surface area contributed by atoms with Crippen molar-refractivity contribution >= 4 is 16.9 Å². The normalized spacial score (nSPS) is 46.3. The molecule has 1 N–H and O–H groups in total. The van der Waals surface area contributed by atoms with E-state index < -0.39 is 0 Å². The number of nitrogens with one attached hydrogen (secondary N) is 1. The van der Waals surface area contributed by atoms with Crippen molar-refractivity contribution in [2.45, 2.75) is 56.9 Å². The Morgan fingerprint density at radius 3 is 3.07 bits per heavy atom. The van der Waals surface area contributed by atoms with Crippen LogP contribution in [0.2, 0.25) is 0 Å². The van der Waals surface area contributed by atoms with E-state index in [1.54, 1.807) is 0 Å². The van der Waals surface area contributed by atoms with Crippen LogP contribution in [0.1, 0.15) is 32.6 Å². The summed E-state index contributed by atoms with van der Waals surface area (Å²) in [6.07, 6.45) is 5.74. The van der Waals surface area contributed by atoms with Crippen LogP contribution in [0.4, 0.5) is 0 Å². The molecule has 0 saturated carbocycles. The zero-order valence-corrected chi connectivity index (χ0v) is 9.93. The fraction of sp³-hybridized carbons (Fsp3) is 0.909. The summed E-state index contributed by atoms with van der Waals surface area (Å²) in [4.78, 5) is 4.80. The van der Waals surface area contributed by atoms with Gasteiger partial charge in [-0.15, -0.1) is 0 Å². The molecule has 84 valence electrons. The van der Waals surface area contributed by atoms with E-state index in [2.05, 4.69) is 12.2 Å². The Hall–Kier alpha value is -0.220. The van der Waals surface area contributed by atoms with Gasteiger partial charge in [-0.2, -0.15) is 0 Å². The predicted octanol–water partition coefficient (Wildman–Crippen LogP) is 1.78. The molecule has 3 aliphatic rings. The molecule has 0 spiro atoms.